The van der Waals surface area contributed by atoms with Crippen LogP contribution in [0.25, 0.3) is 0 Å². The summed E-state index contributed by atoms with van der Waals surface area (Å²) in [5.41, 5.74) is 0.480. The number of rotatable bonds is 5. The van der Waals surface area contributed by atoms with Gasteiger partial charge in [0.25, 0.3) is 0 Å². The highest BCUT2D eigenvalue weighted by Gasteiger charge is 2.24. The zero-order valence-corrected chi connectivity index (χ0v) is 10.2. The molecule has 4 heteroatoms. The molecule has 1 N–H and O–H groups in total. The predicted octanol–water partition coefficient (Wildman–Crippen LogP) is 3.41. The van der Waals surface area contributed by atoms with E-state index in [1.54, 1.807) is 24.3 Å². The first-order chi connectivity index (χ1) is 7.91. The highest BCUT2D eigenvalue weighted by molar-refractivity contribution is 5.29. The smallest absolute Gasteiger partial charge is 0.243 e. The summed E-state index contributed by atoms with van der Waals surface area (Å²) >= 11 is 0. The van der Waals surface area contributed by atoms with Gasteiger partial charge in [-0.25, -0.2) is 8.78 Å². The van der Waals surface area contributed by atoms with Crippen LogP contribution in [0.3, 0.4) is 0 Å². The average Bonchev–Trinajstić information content (AvgIpc) is 2.27. The molecule has 1 aromatic rings. The molecule has 0 saturated heterocycles. The second-order valence-corrected chi connectivity index (χ2v) is 4.37. The average molecular weight is 244 g/mol. The van der Waals surface area contributed by atoms with Crippen molar-refractivity contribution in [2.75, 3.05) is 0 Å². The summed E-state index contributed by atoms with van der Waals surface area (Å²) in [5, 5.41) is 9.71. The molecule has 0 bridgehead atoms. The van der Waals surface area contributed by atoms with Gasteiger partial charge in [0.15, 0.2) is 0 Å². The Labute approximate surface area is 100 Å². The monoisotopic (exact) mass is 244 g/mol. The fourth-order valence-electron chi connectivity index (χ4n) is 1.46. The number of hydrogen-bond donors (Lipinski definition) is 1. The van der Waals surface area contributed by atoms with Crippen LogP contribution in [0.2, 0.25) is 0 Å². The number of halogens is 2. The van der Waals surface area contributed by atoms with Gasteiger partial charge in [0.05, 0.1) is 12.2 Å². The van der Waals surface area contributed by atoms with Gasteiger partial charge in [-0.3, -0.25) is 0 Å². The third-order valence-electron chi connectivity index (χ3n) is 2.49. The van der Waals surface area contributed by atoms with Crippen LogP contribution in [0.4, 0.5) is 8.78 Å². The minimum absolute atomic E-state index is 0.0609. The van der Waals surface area contributed by atoms with Crippen LogP contribution in [0.1, 0.15) is 32.4 Å². The van der Waals surface area contributed by atoms with Crippen LogP contribution in [-0.4, -0.2) is 17.6 Å². The fraction of sp³-hybridized carbons (Fsp3) is 0.538. The van der Waals surface area contributed by atoms with Gasteiger partial charge < -0.3 is 9.84 Å². The van der Waals surface area contributed by atoms with Gasteiger partial charge in [-0.1, -0.05) is 19.1 Å². The van der Waals surface area contributed by atoms with Gasteiger partial charge in [-0.2, -0.15) is 0 Å². The molecular weight excluding hydrogens is 226 g/mol. The van der Waals surface area contributed by atoms with Crippen molar-refractivity contribution in [2.45, 2.75) is 39.4 Å². The van der Waals surface area contributed by atoms with Crippen molar-refractivity contribution in [2.24, 2.45) is 5.92 Å². The number of aliphatic hydroxyl groups is 1. The van der Waals surface area contributed by atoms with Crippen LogP contribution in [0, 0.1) is 5.92 Å². The van der Waals surface area contributed by atoms with Crippen LogP contribution in [-0.2, 0) is 0 Å². The highest BCUT2D eigenvalue weighted by atomic mass is 19.3. The lowest BCUT2D eigenvalue weighted by molar-refractivity contribution is 0.000617. The van der Waals surface area contributed by atoms with Crippen molar-refractivity contribution >= 4 is 0 Å². The molecule has 0 fully saturated rings. The summed E-state index contributed by atoms with van der Waals surface area (Å²) < 4.78 is 30.3. The Kier molecular flexibility index (Phi) is 4.87. The molecule has 1 rings (SSSR count). The zero-order valence-electron chi connectivity index (χ0n) is 10.2. The molecule has 0 saturated carbocycles. The Hall–Kier alpha value is -1.16. The molecule has 2 nitrogen and oxygen atoms in total. The van der Waals surface area contributed by atoms with Gasteiger partial charge in [0.2, 0.25) is 6.43 Å². The van der Waals surface area contributed by atoms with E-state index in [0.717, 1.165) is 0 Å². The van der Waals surface area contributed by atoms with E-state index in [4.69, 9.17) is 4.74 Å². The largest absolute Gasteiger partial charge is 0.491 e. The molecule has 0 radical (unpaired) electrons. The number of aliphatic hydroxyl groups excluding tert-OH is 1. The van der Waals surface area contributed by atoms with Crippen LogP contribution in [0.5, 0.6) is 5.75 Å². The van der Waals surface area contributed by atoms with Crippen LogP contribution in [0.15, 0.2) is 24.3 Å². The summed E-state index contributed by atoms with van der Waals surface area (Å²) in [6.07, 6.45) is -3.62. The summed E-state index contributed by atoms with van der Waals surface area (Å²) in [6, 6.07) is 6.58. The molecule has 1 aromatic carbocycles. The Balaban J connectivity index is 2.73. The molecule has 0 amide bonds. The van der Waals surface area contributed by atoms with Crippen molar-refractivity contribution < 1.29 is 18.6 Å². The molecule has 17 heavy (non-hydrogen) atoms. The van der Waals surface area contributed by atoms with E-state index in [-0.39, 0.29) is 6.10 Å². The van der Waals surface area contributed by atoms with Gasteiger partial charge in [-0.15, -0.1) is 0 Å². The van der Waals surface area contributed by atoms with E-state index in [0.29, 0.717) is 11.3 Å². The number of benzene rings is 1. The fourth-order valence-corrected chi connectivity index (χ4v) is 1.46. The molecule has 2 unspecified atom stereocenters. The lowest BCUT2D eigenvalue weighted by atomic mass is 9.98. The molecular formula is C13H18F2O2. The Morgan fingerprint density at radius 1 is 1.06 bits per heavy atom. The lowest BCUT2D eigenvalue weighted by Gasteiger charge is -2.18. The van der Waals surface area contributed by atoms with Crippen molar-refractivity contribution in [1.29, 1.82) is 0 Å². The maximum Gasteiger partial charge on any atom is 0.243 e. The minimum atomic E-state index is -2.53. The number of ether oxygens (including phenoxy) is 1. The Bertz CT molecular complexity index is 336. The second-order valence-electron chi connectivity index (χ2n) is 4.37. The van der Waals surface area contributed by atoms with Crippen molar-refractivity contribution in [1.82, 2.24) is 0 Å². The maximum absolute atomic E-state index is 12.4. The Morgan fingerprint density at radius 3 is 2.00 bits per heavy atom. The maximum atomic E-state index is 12.4. The summed E-state index contributed by atoms with van der Waals surface area (Å²) in [5.74, 6) is -0.410. The minimum Gasteiger partial charge on any atom is -0.491 e. The highest BCUT2D eigenvalue weighted by Crippen LogP contribution is 2.28. The van der Waals surface area contributed by atoms with E-state index in [1.807, 2.05) is 13.8 Å². The SMILES string of the molecule is CC(C)Oc1ccc(C(O)C(C)C(F)F)cc1. The van der Waals surface area contributed by atoms with Crippen LogP contribution < -0.4 is 4.74 Å². The number of hydrogen-bond acceptors (Lipinski definition) is 2. The normalized spacial score (nSPS) is 15.1. The molecule has 0 aromatic heterocycles. The first-order valence-electron chi connectivity index (χ1n) is 5.64. The molecule has 0 aliphatic carbocycles. The van der Waals surface area contributed by atoms with E-state index in [9.17, 15) is 13.9 Å². The first-order valence-corrected chi connectivity index (χ1v) is 5.64. The van der Waals surface area contributed by atoms with Gasteiger partial charge in [0.1, 0.15) is 5.75 Å². The summed E-state index contributed by atoms with van der Waals surface area (Å²) in [6.45, 7) is 5.14. The van der Waals surface area contributed by atoms with Crippen molar-refractivity contribution in [3.8, 4) is 5.75 Å². The summed E-state index contributed by atoms with van der Waals surface area (Å²) in [4.78, 5) is 0. The molecule has 2 atom stereocenters. The van der Waals surface area contributed by atoms with Gasteiger partial charge in [0, 0.05) is 5.92 Å². The van der Waals surface area contributed by atoms with E-state index >= 15 is 0 Å². The molecule has 96 valence electrons. The van der Waals surface area contributed by atoms with E-state index < -0.39 is 18.4 Å². The molecule has 0 heterocycles. The van der Waals surface area contributed by atoms with Gasteiger partial charge in [-0.05, 0) is 31.5 Å². The van der Waals surface area contributed by atoms with Gasteiger partial charge >= 0.3 is 0 Å². The van der Waals surface area contributed by atoms with E-state index in [2.05, 4.69) is 0 Å². The lowest BCUT2D eigenvalue weighted by Crippen LogP contribution is -2.16. The van der Waals surface area contributed by atoms with Crippen LogP contribution >= 0.6 is 0 Å². The Morgan fingerprint density at radius 2 is 1.59 bits per heavy atom. The van der Waals surface area contributed by atoms with Crippen molar-refractivity contribution in [3.63, 3.8) is 0 Å². The standard InChI is InChI=1S/C13H18F2O2/c1-8(2)17-11-6-4-10(5-7-11)12(16)9(3)13(14)15/h4-9,12-13,16H,1-3H3. The summed E-state index contributed by atoms with van der Waals surface area (Å²) in [7, 11) is 0. The second kappa shape index (κ2) is 5.96. The quantitative estimate of drug-likeness (QED) is 0.860. The molecule has 0 aliphatic heterocycles. The molecule has 0 aliphatic rings. The predicted molar refractivity (Wildman–Crippen MR) is 62.3 cm³/mol. The molecule has 0 spiro atoms. The topological polar surface area (TPSA) is 29.5 Å². The van der Waals surface area contributed by atoms with E-state index in [1.165, 1.54) is 6.92 Å². The third kappa shape index (κ3) is 3.97. The number of alkyl halides is 2. The zero-order chi connectivity index (χ0) is 13.0. The third-order valence-corrected chi connectivity index (χ3v) is 2.49. The first kappa shape index (κ1) is 13.9. The van der Waals surface area contributed by atoms with Crippen molar-refractivity contribution in [3.05, 3.63) is 29.8 Å².